The first-order chi connectivity index (χ1) is 12.2. The molecule has 1 amide bonds. The van der Waals surface area contributed by atoms with E-state index < -0.39 is 18.0 Å². The van der Waals surface area contributed by atoms with Crippen LogP contribution in [0.2, 0.25) is 10.2 Å². The van der Waals surface area contributed by atoms with Crippen molar-refractivity contribution in [1.29, 1.82) is 0 Å². The van der Waals surface area contributed by atoms with E-state index in [1.54, 1.807) is 0 Å². The predicted molar refractivity (Wildman–Crippen MR) is 103 cm³/mol. The number of carbonyl (C=O) groups excluding carboxylic acids is 2. The number of amides is 1. The molecule has 1 heterocycles. The lowest BCUT2D eigenvalue weighted by atomic mass is 9.98. The Morgan fingerprint density at radius 3 is 2.50 bits per heavy atom. The number of nitrogens with one attached hydrogen (secondary N) is 1. The van der Waals surface area contributed by atoms with Crippen LogP contribution >= 0.6 is 23.2 Å². The lowest BCUT2D eigenvalue weighted by Gasteiger charge is -2.19. The Hall–Kier alpha value is -2.11. The molecular formula is C19H20Cl2N2O3. The molecule has 0 saturated carbocycles. The van der Waals surface area contributed by atoms with Crippen molar-refractivity contribution < 1.29 is 14.3 Å². The molecule has 0 fully saturated rings. The van der Waals surface area contributed by atoms with Gasteiger partial charge in [0.2, 0.25) is 0 Å². The van der Waals surface area contributed by atoms with Gasteiger partial charge in [0.1, 0.15) is 5.15 Å². The van der Waals surface area contributed by atoms with Gasteiger partial charge in [-0.05, 0) is 37.0 Å². The van der Waals surface area contributed by atoms with Crippen molar-refractivity contribution in [3.8, 4) is 0 Å². The highest BCUT2D eigenvalue weighted by Gasteiger charge is 2.21. The largest absolute Gasteiger partial charge is 0.449 e. The van der Waals surface area contributed by atoms with Gasteiger partial charge in [0.25, 0.3) is 5.91 Å². The van der Waals surface area contributed by atoms with Gasteiger partial charge in [-0.15, -0.1) is 0 Å². The van der Waals surface area contributed by atoms with E-state index in [0.29, 0.717) is 0 Å². The maximum atomic E-state index is 12.5. The maximum absolute atomic E-state index is 12.5. The molecule has 0 aliphatic carbocycles. The van der Waals surface area contributed by atoms with Gasteiger partial charge >= 0.3 is 5.97 Å². The van der Waals surface area contributed by atoms with E-state index in [0.717, 1.165) is 16.8 Å². The highest BCUT2D eigenvalue weighted by Crippen LogP contribution is 2.27. The quantitative estimate of drug-likeness (QED) is 0.571. The number of hydrogen-bond acceptors (Lipinski definition) is 4. The first-order valence-corrected chi connectivity index (χ1v) is 8.88. The van der Waals surface area contributed by atoms with E-state index in [-0.39, 0.29) is 21.7 Å². The zero-order chi connectivity index (χ0) is 19.4. The van der Waals surface area contributed by atoms with Gasteiger partial charge in [-0.25, -0.2) is 9.78 Å². The molecular weight excluding hydrogens is 375 g/mol. The number of hydrogen-bond donors (Lipinski definition) is 1. The summed E-state index contributed by atoms with van der Waals surface area (Å²) in [4.78, 5) is 28.4. The number of pyridine rings is 1. The van der Waals surface area contributed by atoms with Crippen LogP contribution in [-0.4, -0.2) is 23.0 Å². The first kappa shape index (κ1) is 20.2. The minimum Gasteiger partial charge on any atom is -0.449 e. The molecule has 0 spiro atoms. The second kappa shape index (κ2) is 8.52. The SMILES string of the molecule is Cc1cccc(C(C)C)c1NC(=O)[C@@H](C)OC(=O)c1cnc(Cl)c(Cl)c1. The van der Waals surface area contributed by atoms with Crippen molar-refractivity contribution in [2.24, 2.45) is 0 Å². The topological polar surface area (TPSA) is 68.3 Å². The van der Waals surface area contributed by atoms with Gasteiger partial charge < -0.3 is 10.1 Å². The van der Waals surface area contributed by atoms with Crippen LogP contribution in [0.4, 0.5) is 5.69 Å². The van der Waals surface area contributed by atoms with Crippen molar-refractivity contribution in [2.45, 2.75) is 39.7 Å². The third-order valence-electron chi connectivity index (χ3n) is 3.86. The number of rotatable bonds is 5. The minimum atomic E-state index is -0.989. The molecule has 1 atom stereocenters. The summed E-state index contributed by atoms with van der Waals surface area (Å²) in [6, 6.07) is 7.17. The molecule has 0 aliphatic heterocycles. The van der Waals surface area contributed by atoms with Gasteiger partial charge in [-0.2, -0.15) is 0 Å². The van der Waals surface area contributed by atoms with Crippen LogP contribution < -0.4 is 5.32 Å². The fraction of sp³-hybridized carbons (Fsp3) is 0.316. The van der Waals surface area contributed by atoms with Crippen LogP contribution in [0.25, 0.3) is 0 Å². The lowest BCUT2D eigenvalue weighted by molar-refractivity contribution is -0.123. The first-order valence-electron chi connectivity index (χ1n) is 8.13. The van der Waals surface area contributed by atoms with Crippen LogP contribution in [0, 0.1) is 6.92 Å². The molecule has 7 heteroatoms. The Bertz CT molecular complexity index is 838. The second-order valence-electron chi connectivity index (χ2n) is 6.23. The summed E-state index contributed by atoms with van der Waals surface area (Å²) in [5.41, 5.74) is 2.83. The highest BCUT2D eigenvalue weighted by molar-refractivity contribution is 6.41. The number of para-hydroxylation sites is 1. The normalized spacial score (nSPS) is 12.0. The summed E-state index contributed by atoms with van der Waals surface area (Å²) in [6.07, 6.45) is 0.260. The molecule has 0 bridgehead atoms. The Labute approximate surface area is 162 Å². The van der Waals surface area contributed by atoms with Crippen molar-refractivity contribution in [2.75, 3.05) is 5.32 Å². The number of nitrogens with zero attached hydrogens (tertiary/aromatic N) is 1. The maximum Gasteiger partial charge on any atom is 0.340 e. The summed E-state index contributed by atoms with van der Waals surface area (Å²) >= 11 is 11.6. The summed E-state index contributed by atoms with van der Waals surface area (Å²) in [7, 11) is 0. The summed E-state index contributed by atoms with van der Waals surface area (Å²) in [5.74, 6) is -0.875. The smallest absolute Gasteiger partial charge is 0.340 e. The Balaban J connectivity index is 2.11. The number of ether oxygens (including phenoxy) is 1. The highest BCUT2D eigenvalue weighted by atomic mass is 35.5. The third-order valence-corrected chi connectivity index (χ3v) is 4.55. The van der Waals surface area contributed by atoms with Gasteiger partial charge in [0.05, 0.1) is 10.6 Å². The predicted octanol–water partition coefficient (Wildman–Crippen LogP) is 5.00. The van der Waals surface area contributed by atoms with Crippen molar-refractivity contribution in [3.05, 3.63) is 57.3 Å². The second-order valence-corrected chi connectivity index (χ2v) is 6.99. The van der Waals surface area contributed by atoms with Crippen LogP contribution in [-0.2, 0) is 9.53 Å². The average Bonchev–Trinajstić information content (AvgIpc) is 2.58. The summed E-state index contributed by atoms with van der Waals surface area (Å²) in [5, 5.41) is 3.09. The number of anilines is 1. The molecule has 138 valence electrons. The number of aryl methyl sites for hydroxylation is 1. The number of carbonyl (C=O) groups is 2. The molecule has 0 aliphatic rings. The number of esters is 1. The van der Waals surface area contributed by atoms with E-state index in [1.165, 1.54) is 19.2 Å². The van der Waals surface area contributed by atoms with Gasteiger partial charge in [0.15, 0.2) is 6.10 Å². The summed E-state index contributed by atoms with van der Waals surface area (Å²) < 4.78 is 5.21. The van der Waals surface area contributed by atoms with Crippen molar-refractivity contribution in [3.63, 3.8) is 0 Å². The van der Waals surface area contributed by atoms with Crippen LogP contribution in [0.1, 0.15) is 48.2 Å². The van der Waals surface area contributed by atoms with Gasteiger partial charge in [-0.3, -0.25) is 4.79 Å². The average molecular weight is 395 g/mol. The Kier molecular flexibility index (Phi) is 6.62. The number of aromatic nitrogens is 1. The van der Waals surface area contributed by atoms with Crippen LogP contribution in [0.3, 0.4) is 0 Å². The van der Waals surface area contributed by atoms with Crippen molar-refractivity contribution >= 4 is 40.8 Å². The summed E-state index contributed by atoms with van der Waals surface area (Å²) in [6.45, 7) is 7.52. The molecule has 0 radical (unpaired) electrons. The molecule has 26 heavy (non-hydrogen) atoms. The lowest BCUT2D eigenvalue weighted by Crippen LogP contribution is -2.30. The molecule has 0 unspecified atom stereocenters. The van der Waals surface area contributed by atoms with E-state index in [4.69, 9.17) is 27.9 Å². The Morgan fingerprint density at radius 2 is 1.88 bits per heavy atom. The van der Waals surface area contributed by atoms with E-state index >= 15 is 0 Å². The van der Waals surface area contributed by atoms with Crippen LogP contribution in [0.15, 0.2) is 30.5 Å². The fourth-order valence-corrected chi connectivity index (χ4v) is 2.65. The number of halogens is 2. The van der Waals surface area contributed by atoms with E-state index in [9.17, 15) is 9.59 Å². The molecule has 1 N–H and O–H groups in total. The fourth-order valence-electron chi connectivity index (χ4n) is 2.38. The van der Waals surface area contributed by atoms with Gasteiger partial charge in [-0.1, -0.05) is 55.2 Å². The van der Waals surface area contributed by atoms with E-state index in [1.807, 2.05) is 39.0 Å². The molecule has 5 nitrogen and oxygen atoms in total. The zero-order valence-electron chi connectivity index (χ0n) is 15.0. The standard InChI is InChI=1S/C19H20Cl2N2O3/c1-10(2)14-7-5-6-11(3)16(14)23-18(24)12(4)26-19(25)13-8-15(20)17(21)22-9-13/h5-10,12H,1-4H3,(H,23,24)/t12-/m1/s1. The Morgan fingerprint density at radius 1 is 1.19 bits per heavy atom. The molecule has 1 aromatic heterocycles. The molecule has 2 aromatic rings. The monoisotopic (exact) mass is 394 g/mol. The third kappa shape index (κ3) is 4.74. The van der Waals surface area contributed by atoms with Crippen molar-refractivity contribution in [1.82, 2.24) is 4.98 Å². The number of benzene rings is 1. The van der Waals surface area contributed by atoms with Crippen LogP contribution in [0.5, 0.6) is 0 Å². The molecule has 2 rings (SSSR count). The van der Waals surface area contributed by atoms with Gasteiger partial charge in [0, 0.05) is 11.9 Å². The minimum absolute atomic E-state index is 0.0924. The zero-order valence-corrected chi connectivity index (χ0v) is 16.5. The van der Waals surface area contributed by atoms with E-state index in [2.05, 4.69) is 10.3 Å². The molecule has 0 saturated heterocycles. The molecule has 1 aromatic carbocycles.